The first kappa shape index (κ1) is 22.1. The molecular formula is C23H28N4O5S. The quantitative estimate of drug-likeness (QED) is 0.603. The van der Waals surface area contributed by atoms with Crippen LogP contribution >= 0.6 is 0 Å². The van der Waals surface area contributed by atoms with Crippen molar-refractivity contribution in [2.75, 3.05) is 57.1 Å². The number of benzene rings is 2. The van der Waals surface area contributed by atoms with Crippen LogP contribution in [0.5, 0.6) is 5.75 Å². The average molecular weight is 473 g/mol. The minimum Gasteiger partial charge on any atom is -0.495 e. The molecule has 0 radical (unpaired) electrons. The van der Waals surface area contributed by atoms with Gasteiger partial charge >= 0.3 is 0 Å². The van der Waals surface area contributed by atoms with Gasteiger partial charge in [0.2, 0.25) is 15.9 Å². The number of carbonyl (C=O) groups excluding carboxylic acids is 1. The zero-order valence-electron chi connectivity index (χ0n) is 18.5. The third kappa shape index (κ3) is 3.97. The summed E-state index contributed by atoms with van der Waals surface area (Å²) in [6, 6.07) is 12.4. The van der Waals surface area contributed by atoms with E-state index >= 15 is 0 Å². The van der Waals surface area contributed by atoms with Gasteiger partial charge in [-0.25, -0.2) is 8.42 Å². The molecule has 176 valence electrons. The summed E-state index contributed by atoms with van der Waals surface area (Å²) < 4.78 is 38.0. The lowest BCUT2D eigenvalue weighted by atomic mass is 9.80. The lowest BCUT2D eigenvalue weighted by Gasteiger charge is -2.26. The van der Waals surface area contributed by atoms with Crippen molar-refractivity contribution in [3.8, 4) is 5.75 Å². The van der Waals surface area contributed by atoms with Crippen molar-refractivity contribution in [1.82, 2.24) is 9.62 Å². The lowest BCUT2D eigenvalue weighted by Crippen LogP contribution is -2.40. The molecule has 2 unspecified atom stereocenters. The fourth-order valence-electron chi connectivity index (χ4n) is 4.93. The van der Waals surface area contributed by atoms with Crippen molar-refractivity contribution in [3.05, 3.63) is 48.0 Å². The fraction of sp³-hybridized carbons (Fsp3) is 0.435. The van der Waals surface area contributed by atoms with E-state index in [2.05, 4.69) is 28.1 Å². The summed E-state index contributed by atoms with van der Waals surface area (Å²) in [7, 11) is -2.20. The first-order valence-corrected chi connectivity index (χ1v) is 12.5. The number of para-hydroxylation sites is 1. The summed E-state index contributed by atoms with van der Waals surface area (Å²) in [6.07, 6.45) is 0.675. The van der Waals surface area contributed by atoms with Gasteiger partial charge in [-0.2, -0.15) is 4.31 Å². The molecule has 1 amide bonds. The molecule has 0 saturated carbocycles. The number of carbonyl (C=O) groups is 1. The third-order valence-corrected chi connectivity index (χ3v) is 8.65. The molecule has 3 N–H and O–H groups in total. The molecule has 33 heavy (non-hydrogen) atoms. The van der Waals surface area contributed by atoms with E-state index in [-0.39, 0.29) is 22.3 Å². The monoisotopic (exact) mass is 472 g/mol. The number of methoxy groups -OCH3 is 1. The molecule has 2 saturated heterocycles. The summed E-state index contributed by atoms with van der Waals surface area (Å²) in [6.45, 7) is 2.89. The van der Waals surface area contributed by atoms with E-state index in [1.165, 1.54) is 29.1 Å². The smallest absolute Gasteiger partial charge is 0.243 e. The number of hydrogen-bond acceptors (Lipinski definition) is 7. The van der Waals surface area contributed by atoms with Gasteiger partial charge in [-0.05, 0) is 30.2 Å². The van der Waals surface area contributed by atoms with Gasteiger partial charge in [-0.1, -0.05) is 18.2 Å². The van der Waals surface area contributed by atoms with E-state index in [4.69, 9.17) is 9.47 Å². The normalized spacial score (nSPS) is 24.9. The molecule has 2 atom stereocenters. The van der Waals surface area contributed by atoms with E-state index in [1.54, 1.807) is 6.07 Å². The number of nitrogens with one attached hydrogen (secondary N) is 3. The Balaban J connectivity index is 1.31. The predicted octanol–water partition coefficient (Wildman–Crippen LogP) is 1.38. The van der Waals surface area contributed by atoms with Crippen molar-refractivity contribution < 1.29 is 22.7 Å². The van der Waals surface area contributed by atoms with Crippen molar-refractivity contribution in [1.29, 1.82) is 0 Å². The molecule has 3 aliphatic heterocycles. The van der Waals surface area contributed by atoms with Crippen LogP contribution in [0, 0.1) is 0 Å². The Labute approximate surface area is 193 Å². The summed E-state index contributed by atoms with van der Waals surface area (Å²) in [4.78, 5) is 13.2. The van der Waals surface area contributed by atoms with Crippen LogP contribution in [-0.2, 0) is 25.0 Å². The largest absolute Gasteiger partial charge is 0.495 e. The maximum Gasteiger partial charge on any atom is 0.243 e. The van der Waals surface area contributed by atoms with Gasteiger partial charge in [0.05, 0.1) is 36.9 Å². The van der Waals surface area contributed by atoms with Gasteiger partial charge in [0.15, 0.2) is 0 Å². The molecule has 3 aliphatic rings. The number of ether oxygens (including phenoxy) is 2. The topological polar surface area (TPSA) is 109 Å². The second-order valence-electron chi connectivity index (χ2n) is 8.68. The van der Waals surface area contributed by atoms with Gasteiger partial charge < -0.3 is 25.4 Å². The Morgan fingerprint density at radius 2 is 1.97 bits per heavy atom. The summed E-state index contributed by atoms with van der Waals surface area (Å²) >= 11 is 0. The van der Waals surface area contributed by atoms with Crippen molar-refractivity contribution >= 4 is 27.3 Å². The van der Waals surface area contributed by atoms with Crippen molar-refractivity contribution in [2.45, 2.75) is 22.8 Å². The third-order valence-electron chi connectivity index (χ3n) is 6.75. The Bertz CT molecular complexity index is 1170. The Kier molecular flexibility index (Phi) is 5.77. The minimum atomic E-state index is -3.66. The molecule has 10 heteroatoms. The second kappa shape index (κ2) is 8.60. The van der Waals surface area contributed by atoms with Crippen molar-refractivity contribution in [3.63, 3.8) is 0 Å². The number of hydrogen-bond donors (Lipinski definition) is 3. The molecule has 0 aromatic heterocycles. The second-order valence-corrected chi connectivity index (χ2v) is 10.6. The molecule has 9 nitrogen and oxygen atoms in total. The average Bonchev–Trinajstić information content (AvgIpc) is 3.45. The molecule has 5 rings (SSSR count). The van der Waals surface area contributed by atoms with Gasteiger partial charge in [-0.15, -0.1) is 0 Å². The van der Waals surface area contributed by atoms with Crippen LogP contribution in [0.25, 0.3) is 0 Å². The maximum absolute atomic E-state index is 13.1. The summed E-state index contributed by atoms with van der Waals surface area (Å²) in [5, 5.41) is 9.72. The first-order chi connectivity index (χ1) is 15.9. The van der Waals surface area contributed by atoms with Gasteiger partial charge in [0.1, 0.15) is 5.75 Å². The number of rotatable bonds is 5. The number of fused-ring (bicyclic) bond motifs is 2. The Morgan fingerprint density at radius 3 is 2.76 bits per heavy atom. The van der Waals surface area contributed by atoms with Gasteiger partial charge in [0, 0.05) is 43.3 Å². The zero-order valence-corrected chi connectivity index (χ0v) is 19.3. The number of morpholine rings is 1. The predicted molar refractivity (Wildman–Crippen MR) is 124 cm³/mol. The minimum absolute atomic E-state index is 0.112. The van der Waals surface area contributed by atoms with Crippen LogP contribution in [0.15, 0.2) is 47.4 Å². The molecule has 0 aliphatic carbocycles. The highest BCUT2D eigenvalue weighted by molar-refractivity contribution is 7.89. The van der Waals surface area contributed by atoms with E-state index in [0.717, 1.165) is 12.2 Å². The number of amides is 1. The molecule has 2 fully saturated rings. The molecule has 2 aromatic rings. The lowest BCUT2D eigenvalue weighted by molar-refractivity contribution is -0.117. The summed E-state index contributed by atoms with van der Waals surface area (Å²) in [5.41, 5.74) is 2.69. The highest BCUT2D eigenvalue weighted by atomic mass is 32.2. The van der Waals surface area contributed by atoms with Gasteiger partial charge in [-0.3, -0.25) is 4.79 Å². The zero-order chi connectivity index (χ0) is 23.1. The molecule has 1 spiro atoms. The molecule has 3 heterocycles. The maximum atomic E-state index is 13.1. The van der Waals surface area contributed by atoms with Crippen LogP contribution in [0.2, 0.25) is 0 Å². The van der Waals surface area contributed by atoms with E-state index in [9.17, 15) is 13.2 Å². The summed E-state index contributed by atoms with van der Waals surface area (Å²) in [5.74, 6) is 0.136. The highest BCUT2D eigenvalue weighted by Crippen LogP contribution is 2.42. The van der Waals surface area contributed by atoms with E-state index in [0.29, 0.717) is 50.7 Å². The van der Waals surface area contributed by atoms with Crippen LogP contribution in [0.1, 0.15) is 12.0 Å². The Hall–Kier alpha value is -2.66. The van der Waals surface area contributed by atoms with Crippen LogP contribution in [-0.4, -0.2) is 71.2 Å². The Morgan fingerprint density at radius 1 is 1.18 bits per heavy atom. The molecular weight excluding hydrogens is 444 g/mol. The molecule has 0 bridgehead atoms. The SMILES string of the molecule is COc1cc(S(=O)(=O)N2CCOCC2)ccc1NC(=O)C1CC2(CNc3ccccc32)CN1. The first-order valence-electron chi connectivity index (χ1n) is 11.1. The van der Waals surface area contributed by atoms with E-state index in [1.807, 2.05) is 12.1 Å². The fourth-order valence-corrected chi connectivity index (χ4v) is 6.35. The van der Waals surface area contributed by atoms with Gasteiger partial charge in [0.25, 0.3) is 0 Å². The number of sulfonamides is 1. The van der Waals surface area contributed by atoms with Crippen LogP contribution in [0.4, 0.5) is 11.4 Å². The van der Waals surface area contributed by atoms with Crippen LogP contribution < -0.4 is 20.7 Å². The van der Waals surface area contributed by atoms with E-state index < -0.39 is 10.0 Å². The number of anilines is 2. The van der Waals surface area contributed by atoms with Crippen LogP contribution in [0.3, 0.4) is 0 Å². The number of nitrogens with zero attached hydrogens (tertiary/aromatic N) is 1. The molecule has 2 aromatic carbocycles. The standard InChI is InChI=1S/C23H28N4O5S/c1-31-21-12-16(33(29,30)27-8-10-32-11-9-27)6-7-19(21)26-22(28)20-13-23(15-25-20)14-24-18-5-3-2-4-17(18)23/h2-7,12,20,24-25H,8-11,13-15H2,1H3,(H,26,28). The highest BCUT2D eigenvalue weighted by Gasteiger charge is 2.46. The van der Waals surface area contributed by atoms with Crippen molar-refractivity contribution in [2.24, 2.45) is 0 Å².